The molecule has 1 aromatic carbocycles. The molecule has 0 aromatic heterocycles. The molecule has 1 fully saturated rings. The molecular formula is C17H23NO5. The predicted octanol–water partition coefficient (Wildman–Crippen LogP) is 1.95. The maximum atomic E-state index is 11.9. The molecule has 0 radical (unpaired) electrons. The molecule has 0 spiro atoms. The maximum absolute atomic E-state index is 11.9. The van der Waals surface area contributed by atoms with Crippen molar-refractivity contribution in [1.82, 2.24) is 5.32 Å². The highest BCUT2D eigenvalue weighted by atomic mass is 16.5. The third-order valence-corrected chi connectivity index (χ3v) is 3.82. The number of benzene rings is 1. The highest BCUT2D eigenvalue weighted by Crippen LogP contribution is 2.14. The van der Waals surface area contributed by atoms with Gasteiger partial charge in [0.1, 0.15) is 0 Å². The molecule has 0 saturated carbocycles. The molecule has 0 bridgehead atoms. The Bertz CT molecular complexity index is 525. The van der Waals surface area contributed by atoms with Crippen molar-refractivity contribution >= 4 is 11.9 Å². The van der Waals surface area contributed by atoms with Gasteiger partial charge in [-0.2, -0.15) is 0 Å². The van der Waals surface area contributed by atoms with Crippen LogP contribution in [0.5, 0.6) is 0 Å². The lowest BCUT2D eigenvalue weighted by Crippen LogP contribution is -2.26. The van der Waals surface area contributed by atoms with E-state index in [1.165, 1.54) is 12.1 Å². The molecule has 2 rings (SSSR count). The largest absolute Gasteiger partial charge is 0.478 e. The summed E-state index contributed by atoms with van der Waals surface area (Å²) in [5.74, 6) is -0.726. The van der Waals surface area contributed by atoms with Gasteiger partial charge in [-0.1, -0.05) is 6.07 Å². The molecule has 6 nitrogen and oxygen atoms in total. The Balaban J connectivity index is 1.61. The van der Waals surface area contributed by atoms with Crippen LogP contribution in [0, 0.1) is 5.92 Å². The maximum Gasteiger partial charge on any atom is 0.335 e. The van der Waals surface area contributed by atoms with Crippen molar-refractivity contribution < 1.29 is 24.2 Å². The van der Waals surface area contributed by atoms with E-state index in [4.69, 9.17) is 14.6 Å². The molecule has 1 heterocycles. The van der Waals surface area contributed by atoms with Gasteiger partial charge in [-0.15, -0.1) is 0 Å². The fraction of sp³-hybridized carbons (Fsp3) is 0.529. The number of carbonyl (C=O) groups excluding carboxylic acids is 1. The van der Waals surface area contributed by atoms with Crippen LogP contribution in [0.25, 0.3) is 0 Å². The van der Waals surface area contributed by atoms with Crippen molar-refractivity contribution in [1.29, 1.82) is 0 Å². The lowest BCUT2D eigenvalue weighted by Gasteiger charge is -2.21. The van der Waals surface area contributed by atoms with Crippen molar-refractivity contribution in [3.05, 3.63) is 35.4 Å². The normalized spacial score (nSPS) is 15.3. The van der Waals surface area contributed by atoms with Crippen LogP contribution >= 0.6 is 0 Å². The van der Waals surface area contributed by atoms with E-state index in [0.717, 1.165) is 39.1 Å². The molecular weight excluding hydrogens is 298 g/mol. The van der Waals surface area contributed by atoms with Gasteiger partial charge in [0, 0.05) is 38.5 Å². The number of ether oxygens (including phenoxy) is 2. The molecule has 1 aliphatic heterocycles. The minimum absolute atomic E-state index is 0.109. The number of carbonyl (C=O) groups is 2. The number of rotatable bonds is 8. The Morgan fingerprint density at radius 1 is 1.26 bits per heavy atom. The first-order chi connectivity index (χ1) is 11.2. The standard InChI is InChI=1S/C17H23NO5/c19-16(14-3-1-4-15(11-14)17(20)21)18-7-2-8-23-12-13-5-9-22-10-6-13/h1,3-4,11,13H,2,5-10,12H2,(H,18,19)(H,20,21). The quantitative estimate of drug-likeness (QED) is 0.715. The number of aromatic carboxylic acids is 1. The third-order valence-electron chi connectivity index (χ3n) is 3.82. The number of nitrogens with one attached hydrogen (secondary N) is 1. The van der Waals surface area contributed by atoms with E-state index in [2.05, 4.69) is 5.32 Å². The van der Waals surface area contributed by atoms with Gasteiger partial charge >= 0.3 is 5.97 Å². The molecule has 1 amide bonds. The summed E-state index contributed by atoms with van der Waals surface area (Å²) in [6.07, 6.45) is 2.83. The minimum atomic E-state index is -1.04. The van der Waals surface area contributed by atoms with Crippen molar-refractivity contribution in [2.45, 2.75) is 19.3 Å². The van der Waals surface area contributed by atoms with E-state index < -0.39 is 5.97 Å². The Labute approximate surface area is 135 Å². The van der Waals surface area contributed by atoms with E-state index in [9.17, 15) is 9.59 Å². The van der Waals surface area contributed by atoms with Gasteiger partial charge in [0.25, 0.3) is 5.91 Å². The van der Waals surface area contributed by atoms with Gasteiger partial charge < -0.3 is 19.9 Å². The molecule has 0 aliphatic carbocycles. The van der Waals surface area contributed by atoms with E-state index in [1.807, 2.05) is 0 Å². The van der Waals surface area contributed by atoms with Gasteiger partial charge in [0.15, 0.2) is 0 Å². The molecule has 1 saturated heterocycles. The van der Waals surface area contributed by atoms with Crippen molar-refractivity contribution in [3.63, 3.8) is 0 Å². The van der Waals surface area contributed by atoms with Crippen LogP contribution in [0.1, 0.15) is 40.0 Å². The van der Waals surface area contributed by atoms with E-state index in [0.29, 0.717) is 24.6 Å². The summed E-state index contributed by atoms with van der Waals surface area (Å²) in [7, 11) is 0. The third kappa shape index (κ3) is 6.00. The van der Waals surface area contributed by atoms with Crippen LogP contribution in [0.2, 0.25) is 0 Å². The zero-order chi connectivity index (χ0) is 16.5. The van der Waals surface area contributed by atoms with E-state index >= 15 is 0 Å². The fourth-order valence-electron chi connectivity index (χ4n) is 2.43. The lowest BCUT2D eigenvalue weighted by molar-refractivity contribution is 0.0202. The zero-order valence-electron chi connectivity index (χ0n) is 13.1. The van der Waals surface area contributed by atoms with Crippen LogP contribution in [0.3, 0.4) is 0 Å². The van der Waals surface area contributed by atoms with Crippen molar-refractivity contribution in [3.8, 4) is 0 Å². The topological polar surface area (TPSA) is 84.9 Å². The lowest BCUT2D eigenvalue weighted by atomic mass is 10.0. The zero-order valence-corrected chi connectivity index (χ0v) is 13.1. The molecule has 0 atom stereocenters. The number of carboxylic acids is 1. The van der Waals surface area contributed by atoms with E-state index in [-0.39, 0.29) is 11.5 Å². The number of hydrogen-bond donors (Lipinski definition) is 2. The summed E-state index contributed by atoms with van der Waals surface area (Å²) >= 11 is 0. The summed E-state index contributed by atoms with van der Waals surface area (Å²) in [5.41, 5.74) is 0.463. The Morgan fingerprint density at radius 3 is 2.74 bits per heavy atom. The Morgan fingerprint density at radius 2 is 2.00 bits per heavy atom. The van der Waals surface area contributed by atoms with Crippen LogP contribution in [-0.2, 0) is 9.47 Å². The SMILES string of the molecule is O=C(O)c1cccc(C(=O)NCCCOCC2CCOCC2)c1. The highest BCUT2D eigenvalue weighted by Gasteiger charge is 2.13. The van der Waals surface area contributed by atoms with Crippen molar-refractivity contribution in [2.24, 2.45) is 5.92 Å². The second kappa shape index (κ2) is 9.27. The summed E-state index contributed by atoms with van der Waals surface area (Å²) in [5, 5.41) is 11.7. The molecule has 126 valence electrons. The number of amides is 1. The molecule has 23 heavy (non-hydrogen) atoms. The smallest absolute Gasteiger partial charge is 0.335 e. The van der Waals surface area contributed by atoms with Gasteiger partial charge in [-0.05, 0) is 43.4 Å². The minimum Gasteiger partial charge on any atom is -0.478 e. The first-order valence-electron chi connectivity index (χ1n) is 7.94. The number of carboxylic acid groups (broad SMARTS) is 1. The average molecular weight is 321 g/mol. The average Bonchev–Trinajstić information content (AvgIpc) is 2.58. The Hall–Kier alpha value is -1.92. The van der Waals surface area contributed by atoms with Crippen LogP contribution < -0.4 is 5.32 Å². The van der Waals surface area contributed by atoms with Gasteiger partial charge in [0.05, 0.1) is 5.56 Å². The van der Waals surface area contributed by atoms with Crippen LogP contribution in [0.15, 0.2) is 24.3 Å². The first-order valence-corrected chi connectivity index (χ1v) is 7.94. The molecule has 1 aliphatic rings. The number of hydrogen-bond acceptors (Lipinski definition) is 4. The second-order valence-corrected chi connectivity index (χ2v) is 5.63. The predicted molar refractivity (Wildman–Crippen MR) is 84.7 cm³/mol. The molecule has 0 unspecified atom stereocenters. The van der Waals surface area contributed by atoms with Gasteiger partial charge in [0.2, 0.25) is 0 Å². The van der Waals surface area contributed by atoms with E-state index in [1.54, 1.807) is 12.1 Å². The molecule has 6 heteroatoms. The first kappa shape index (κ1) is 17.4. The van der Waals surface area contributed by atoms with Crippen LogP contribution in [-0.4, -0.2) is 50.0 Å². The summed E-state index contributed by atoms with van der Waals surface area (Å²) in [6.45, 7) is 3.49. The Kier molecular flexibility index (Phi) is 7.03. The van der Waals surface area contributed by atoms with Crippen molar-refractivity contribution in [2.75, 3.05) is 33.0 Å². The molecule has 1 aromatic rings. The second-order valence-electron chi connectivity index (χ2n) is 5.63. The highest BCUT2D eigenvalue weighted by molar-refractivity contribution is 5.97. The fourth-order valence-corrected chi connectivity index (χ4v) is 2.43. The molecule has 2 N–H and O–H groups in total. The van der Waals surface area contributed by atoms with Gasteiger partial charge in [-0.25, -0.2) is 4.79 Å². The van der Waals surface area contributed by atoms with Gasteiger partial charge in [-0.3, -0.25) is 4.79 Å². The summed E-state index contributed by atoms with van der Waals surface area (Å²) < 4.78 is 10.9. The summed E-state index contributed by atoms with van der Waals surface area (Å²) in [6, 6.07) is 6.00. The summed E-state index contributed by atoms with van der Waals surface area (Å²) in [4.78, 5) is 22.8. The monoisotopic (exact) mass is 321 g/mol. The van der Waals surface area contributed by atoms with Crippen LogP contribution in [0.4, 0.5) is 0 Å².